The third-order valence-electron chi connectivity index (χ3n) is 2.23. The fourth-order valence-corrected chi connectivity index (χ4v) is 2.14. The van der Waals surface area contributed by atoms with Gasteiger partial charge >= 0.3 is 0 Å². The van der Waals surface area contributed by atoms with Crippen LogP contribution in [-0.4, -0.2) is 24.2 Å². The molecule has 0 saturated carbocycles. The molecule has 0 saturated heterocycles. The zero-order valence-corrected chi connectivity index (χ0v) is 12.6. The minimum Gasteiger partial charge on any atom is -0.389 e. The average molecular weight is 317 g/mol. The summed E-state index contributed by atoms with van der Waals surface area (Å²) in [6, 6.07) is 5.78. The number of hydrogen-bond donors (Lipinski definition) is 2. The van der Waals surface area contributed by atoms with E-state index in [4.69, 9.17) is 22.7 Å². The number of nitrogens with one attached hydrogen (secondary N) is 1. The van der Waals surface area contributed by atoms with Gasteiger partial charge in [0.1, 0.15) is 4.99 Å². The molecule has 3 nitrogen and oxygen atoms in total. The van der Waals surface area contributed by atoms with E-state index in [1.54, 1.807) is 7.11 Å². The third kappa shape index (κ3) is 4.26. The standard InChI is InChI=1S/C12H17BrN2OS/c1-12(2,7-16-3)15-10-6-8(13)4-5-9(10)11(14)17/h4-6,15H,7H2,1-3H3,(H2,14,17). The van der Waals surface area contributed by atoms with E-state index in [9.17, 15) is 0 Å². The molecule has 0 aliphatic heterocycles. The Bertz CT molecular complexity index is 421. The van der Waals surface area contributed by atoms with E-state index in [-0.39, 0.29) is 5.54 Å². The molecule has 0 heterocycles. The maximum atomic E-state index is 5.70. The zero-order valence-electron chi connectivity index (χ0n) is 10.2. The molecule has 0 atom stereocenters. The van der Waals surface area contributed by atoms with Crippen molar-refractivity contribution >= 4 is 38.8 Å². The summed E-state index contributed by atoms with van der Waals surface area (Å²) in [5.74, 6) is 0. The smallest absolute Gasteiger partial charge is 0.106 e. The van der Waals surface area contributed by atoms with Gasteiger partial charge in [0.2, 0.25) is 0 Å². The summed E-state index contributed by atoms with van der Waals surface area (Å²) in [6.45, 7) is 4.71. The van der Waals surface area contributed by atoms with Crippen LogP contribution in [0.25, 0.3) is 0 Å². The van der Waals surface area contributed by atoms with Crippen molar-refractivity contribution in [1.82, 2.24) is 0 Å². The molecule has 1 aromatic carbocycles. The van der Waals surface area contributed by atoms with Gasteiger partial charge in [-0.3, -0.25) is 0 Å². The number of ether oxygens (including phenoxy) is 1. The van der Waals surface area contributed by atoms with E-state index >= 15 is 0 Å². The fourth-order valence-electron chi connectivity index (χ4n) is 1.60. The highest BCUT2D eigenvalue weighted by molar-refractivity contribution is 9.10. The summed E-state index contributed by atoms with van der Waals surface area (Å²) in [6.07, 6.45) is 0. The second kappa shape index (κ2) is 5.80. The van der Waals surface area contributed by atoms with Crippen molar-refractivity contribution in [3.63, 3.8) is 0 Å². The van der Waals surface area contributed by atoms with Gasteiger partial charge in [-0.2, -0.15) is 0 Å². The fraction of sp³-hybridized carbons (Fsp3) is 0.417. The van der Waals surface area contributed by atoms with Crippen LogP contribution >= 0.6 is 28.1 Å². The Morgan fingerprint density at radius 2 is 2.18 bits per heavy atom. The molecule has 0 fully saturated rings. The summed E-state index contributed by atoms with van der Waals surface area (Å²) in [5, 5.41) is 3.39. The van der Waals surface area contributed by atoms with Crippen molar-refractivity contribution in [2.24, 2.45) is 5.73 Å². The molecule has 3 N–H and O–H groups in total. The molecule has 0 aliphatic carbocycles. The first-order valence-electron chi connectivity index (χ1n) is 5.22. The number of methoxy groups -OCH3 is 1. The second-order valence-electron chi connectivity index (χ2n) is 4.50. The first kappa shape index (κ1) is 14.4. The van der Waals surface area contributed by atoms with Crippen LogP contribution in [0, 0.1) is 0 Å². The molecule has 5 heteroatoms. The number of anilines is 1. The Kier molecular flexibility index (Phi) is 4.91. The van der Waals surface area contributed by atoms with Gasteiger partial charge in [0.25, 0.3) is 0 Å². The van der Waals surface area contributed by atoms with Crippen LogP contribution in [-0.2, 0) is 4.74 Å². The molecule has 0 radical (unpaired) electrons. The monoisotopic (exact) mass is 316 g/mol. The van der Waals surface area contributed by atoms with Crippen molar-refractivity contribution in [2.75, 3.05) is 19.0 Å². The number of hydrogen-bond acceptors (Lipinski definition) is 3. The lowest BCUT2D eigenvalue weighted by atomic mass is 10.0. The highest BCUT2D eigenvalue weighted by Crippen LogP contribution is 2.24. The van der Waals surface area contributed by atoms with E-state index in [1.807, 2.05) is 18.2 Å². The third-order valence-corrected chi connectivity index (χ3v) is 2.94. The Labute approximate surface area is 116 Å². The molecule has 0 aliphatic rings. The minimum absolute atomic E-state index is 0.185. The highest BCUT2D eigenvalue weighted by atomic mass is 79.9. The first-order chi connectivity index (χ1) is 7.85. The van der Waals surface area contributed by atoms with Gasteiger partial charge in [0.15, 0.2) is 0 Å². The summed E-state index contributed by atoms with van der Waals surface area (Å²) in [7, 11) is 1.68. The summed E-state index contributed by atoms with van der Waals surface area (Å²) >= 11 is 8.47. The van der Waals surface area contributed by atoms with Crippen molar-refractivity contribution in [3.05, 3.63) is 28.2 Å². The molecule has 94 valence electrons. The zero-order chi connectivity index (χ0) is 13.1. The number of halogens is 1. The maximum Gasteiger partial charge on any atom is 0.106 e. The van der Waals surface area contributed by atoms with Crippen molar-refractivity contribution in [1.29, 1.82) is 0 Å². The SMILES string of the molecule is COCC(C)(C)Nc1cc(Br)ccc1C(N)=S. The molecule has 0 unspecified atom stereocenters. The van der Waals surface area contributed by atoms with Crippen LogP contribution in [0.2, 0.25) is 0 Å². The van der Waals surface area contributed by atoms with Crippen molar-refractivity contribution in [2.45, 2.75) is 19.4 Å². The number of nitrogens with two attached hydrogens (primary N) is 1. The van der Waals surface area contributed by atoms with Gasteiger partial charge in [0.05, 0.1) is 12.1 Å². The van der Waals surface area contributed by atoms with Crippen LogP contribution in [0.4, 0.5) is 5.69 Å². The van der Waals surface area contributed by atoms with E-state index in [0.29, 0.717) is 11.6 Å². The molecule has 0 aromatic heterocycles. The summed E-state index contributed by atoms with van der Waals surface area (Å²) < 4.78 is 6.15. The molecular weight excluding hydrogens is 300 g/mol. The molecule has 17 heavy (non-hydrogen) atoms. The van der Waals surface area contributed by atoms with Gasteiger partial charge < -0.3 is 15.8 Å². The second-order valence-corrected chi connectivity index (χ2v) is 5.85. The van der Waals surface area contributed by atoms with Crippen molar-refractivity contribution < 1.29 is 4.74 Å². The van der Waals surface area contributed by atoms with Crippen LogP contribution in [0.1, 0.15) is 19.4 Å². The molecule has 0 bridgehead atoms. The number of benzene rings is 1. The molecule has 0 spiro atoms. The number of rotatable bonds is 5. The first-order valence-corrected chi connectivity index (χ1v) is 6.42. The van der Waals surface area contributed by atoms with Gasteiger partial charge in [-0.15, -0.1) is 0 Å². The maximum absolute atomic E-state index is 5.70. The van der Waals surface area contributed by atoms with E-state index in [2.05, 4.69) is 35.1 Å². The van der Waals surface area contributed by atoms with Crippen LogP contribution < -0.4 is 11.1 Å². The van der Waals surface area contributed by atoms with Gasteiger partial charge in [-0.05, 0) is 32.0 Å². The highest BCUT2D eigenvalue weighted by Gasteiger charge is 2.19. The van der Waals surface area contributed by atoms with E-state index in [0.717, 1.165) is 15.7 Å². The average Bonchev–Trinajstić information content (AvgIpc) is 2.15. The van der Waals surface area contributed by atoms with Gasteiger partial charge in [0, 0.05) is 22.8 Å². The van der Waals surface area contributed by atoms with Gasteiger partial charge in [-0.1, -0.05) is 28.1 Å². The Balaban J connectivity index is 3.04. The normalized spacial score (nSPS) is 11.3. The van der Waals surface area contributed by atoms with Gasteiger partial charge in [-0.25, -0.2) is 0 Å². The summed E-state index contributed by atoms with van der Waals surface area (Å²) in [5.41, 5.74) is 7.27. The van der Waals surface area contributed by atoms with Crippen molar-refractivity contribution in [3.8, 4) is 0 Å². The lowest BCUT2D eigenvalue weighted by Gasteiger charge is -2.28. The van der Waals surface area contributed by atoms with Crippen LogP contribution in [0.15, 0.2) is 22.7 Å². The quantitative estimate of drug-likeness (QED) is 0.820. The predicted molar refractivity (Wildman–Crippen MR) is 79.6 cm³/mol. The molecule has 0 amide bonds. The van der Waals surface area contributed by atoms with Crippen LogP contribution in [0.5, 0.6) is 0 Å². The lowest BCUT2D eigenvalue weighted by Crippen LogP contribution is -2.36. The lowest BCUT2D eigenvalue weighted by molar-refractivity contribution is 0.158. The Morgan fingerprint density at radius 1 is 1.53 bits per heavy atom. The topological polar surface area (TPSA) is 47.3 Å². The Hall–Kier alpha value is -0.650. The summed E-state index contributed by atoms with van der Waals surface area (Å²) in [4.78, 5) is 0.383. The molecular formula is C12H17BrN2OS. The largest absolute Gasteiger partial charge is 0.389 e. The van der Waals surface area contributed by atoms with E-state index in [1.165, 1.54) is 0 Å². The predicted octanol–water partition coefficient (Wildman–Crippen LogP) is 2.92. The van der Waals surface area contributed by atoms with Crippen LogP contribution in [0.3, 0.4) is 0 Å². The van der Waals surface area contributed by atoms with E-state index < -0.39 is 0 Å². The number of thiocarbonyl (C=S) groups is 1. The molecule has 1 aromatic rings. The minimum atomic E-state index is -0.185. The molecule has 1 rings (SSSR count). The Morgan fingerprint density at radius 3 is 2.71 bits per heavy atom.